The number of hydrogen-bond acceptors (Lipinski definition) is 4. The van der Waals surface area contributed by atoms with Gasteiger partial charge >= 0.3 is 0 Å². The zero-order valence-electron chi connectivity index (χ0n) is 12.2. The molecule has 1 aliphatic rings. The predicted octanol–water partition coefficient (Wildman–Crippen LogP) is 2.51. The number of methoxy groups -OCH3 is 1. The number of rotatable bonds is 3. The number of aliphatic hydroxyl groups is 1. The molecule has 4 nitrogen and oxygen atoms in total. The first-order valence-corrected chi connectivity index (χ1v) is 7.36. The summed E-state index contributed by atoms with van der Waals surface area (Å²) < 4.78 is 5.29. The van der Waals surface area contributed by atoms with E-state index in [2.05, 4.69) is 4.90 Å². The van der Waals surface area contributed by atoms with Crippen molar-refractivity contribution in [2.24, 2.45) is 0 Å². The second-order valence-electron chi connectivity index (χ2n) is 5.68. The van der Waals surface area contributed by atoms with E-state index in [1.807, 2.05) is 24.3 Å². The number of nitrogens with zero attached hydrogens (tertiary/aromatic N) is 1. The van der Waals surface area contributed by atoms with Crippen LogP contribution in [-0.2, 0) is 6.54 Å². The Bertz CT molecular complexity index is 641. The third-order valence-electron chi connectivity index (χ3n) is 4.18. The van der Waals surface area contributed by atoms with Gasteiger partial charge in [0.15, 0.2) is 0 Å². The van der Waals surface area contributed by atoms with E-state index in [1.54, 1.807) is 13.2 Å². The van der Waals surface area contributed by atoms with Crippen LogP contribution in [0.5, 0.6) is 11.5 Å². The van der Waals surface area contributed by atoms with E-state index in [0.717, 1.165) is 41.5 Å². The zero-order valence-corrected chi connectivity index (χ0v) is 12.2. The summed E-state index contributed by atoms with van der Waals surface area (Å²) in [4.78, 5) is 2.20. The molecule has 4 heteroatoms. The van der Waals surface area contributed by atoms with Crippen molar-refractivity contribution in [2.45, 2.75) is 25.5 Å². The molecule has 3 rings (SSSR count). The summed E-state index contributed by atoms with van der Waals surface area (Å²) in [7, 11) is 1.64. The minimum atomic E-state index is -0.259. The highest BCUT2D eigenvalue weighted by atomic mass is 16.5. The van der Waals surface area contributed by atoms with Crippen LogP contribution in [-0.4, -0.2) is 41.4 Å². The van der Waals surface area contributed by atoms with Gasteiger partial charge in [-0.05, 0) is 48.4 Å². The largest absolute Gasteiger partial charge is 0.508 e. The standard InChI is InChI=1S/C17H21NO3/c1-21-14-6-4-12-5-7-17(20)16(15(12)9-14)11-18-8-2-3-13(19)10-18/h4-7,9,13,19-20H,2-3,8,10-11H2,1H3/t13-/m1/s1. The van der Waals surface area contributed by atoms with Crippen LogP contribution in [0, 0.1) is 0 Å². The molecule has 0 saturated carbocycles. The molecule has 1 aliphatic heterocycles. The Hall–Kier alpha value is -1.78. The van der Waals surface area contributed by atoms with Crippen molar-refractivity contribution in [3.8, 4) is 11.5 Å². The molecule has 0 aromatic heterocycles. The van der Waals surface area contributed by atoms with E-state index < -0.39 is 0 Å². The number of phenolic OH excluding ortho intramolecular Hbond substituents is 1. The quantitative estimate of drug-likeness (QED) is 0.911. The minimum Gasteiger partial charge on any atom is -0.508 e. The van der Waals surface area contributed by atoms with Crippen LogP contribution in [0.2, 0.25) is 0 Å². The summed E-state index contributed by atoms with van der Waals surface area (Å²) in [5.41, 5.74) is 0.903. The third kappa shape index (κ3) is 2.96. The number of fused-ring (bicyclic) bond motifs is 1. The highest BCUT2D eigenvalue weighted by Crippen LogP contribution is 2.31. The summed E-state index contributed by atoms with van der Waals surface area (Å²) in [6.07, 6.45) is 1.60. The summed E-state index contributed by atoms with van der Waals surface area (Å²) in [6, 6.07) is 9.55. The summed E-state index contributed by atoms with van der Waals surface area (Å²) in [6.45, 7) is 2.27. The van der Waals surface area contributed by atoms with Gasteiger partial charge in [-0.25, -0.2) is 0 Å². The molecule has 0 aliphatic carbocycles. The number of likely N-dealkylation sites (tertiary alicyclic amines) is 1. The fourth-order valence-electron chi connectivity index (χ4n) is 3.04. The van der Waals surface area contributed by atoms with Gasteiger partial charge in [0.1, 0.15) is 11.5 Å². The summed E-state index contributed by atoms with van der Waals surface area (Å²) in [5.74, 6) is 1.09. The molecule has 2 aromatic carbocycles. The topological polar surface area (TPSA) is 52.9 Å². The maximum atomic E-state index is 10.2. The van der Waals surface area contributed by atoms with Crippen molar-refractivity contribution in [2.75, 3.05) is 20.2 Å². The van der Waals surface area contributed by atoms with Crippen LogP contribution < -0.4 is 4.74 Å². The van der Waals surface area contributed by atoms with Crippen LogP contribution >= 0.6 is 0 Å². The Labute approximate surface area is 124 Å². The van der Waals surface area contributed by atoms with Gasteiger partial charge in [0.05, 0.1) is 13.2 Å². The maximum absolute atomic E-state index is 10.2. The number of β-amino-alcohol motifs (C(OH)–C–C–N with tert-alkyl or cyclic N) is 1. The smallest absolute Gasteiger partial charge is 0.120 e. The molecule has 1 atom stereocenters. The number of aliphatic hydroxyl groups excluding tert-OH is 1. The van der Waals surface area contributed by atoms with E-state index in [-0.39, 0.29) is 6.10 Å². The minimum absolute atomic E-state index is 0.259. The van der Waals surface area contributed by atoms with Crippen LogP contribution in [0.1, 0.15) is 18.4 Å². The lowest BCUT2D eigenvalue weighted by Crippen LogP contribution is -2.37. The molecule has 1 fully saturated rings. The summed E-state index contributed by atoms with van der Waals surface area (Å²) >= 11 is 0. The molecule has 0 amide bonds. The van der Waals surface area contributed by atoms with Gasteiger partial charge in [-0.15, -0.1) is 0 Å². The molecule has 0 unspecified atom stereocenters. The second kappa shape index (κ2) is 5.92. The number of ether oxygens (including phenoxy) is 1. The number of phenols is 1. The zero-order chi connectivity index (χ0) is 14.8. The average Bonchev–Trinajstić information content (AvgIpc) is 2.50. The first-order valence-electron chi connectivity index (χ1n) is 7.36. The number of aromatic hydroxyl groups is 1. The number of benzene rings is 2. The normalized spacial score (nSPS) is 19.8. The molecule has 1 saturated heterocycles. The molecule has 0 spiro atoms. The Kier molecular flexibility index (Phi) is 3.99. The van der Waals surface area contributed by atoms with Gasteiger partial charge in [-0.2, -0.15) is 0 Å². The van der Waals surface area contributed by atoms with E-state index in [0.29, 0.717) is 18.8 Å². The van der Waals surface area contributed by atoms with Crippen molar-refractivity contribution >= 4 is 10.8 Å². The van der Waals surface area contributed by atoms with Crippen LogP contribution in [0.3, 0.4) is 0 Å². The number of hydrogen-bond donors (Lipinski definition) is 2. The van der Waals surface area contributed by atoms with Crippen molar-refractivity contribution in [3.63, 3.8) is 0 Å². The van der Waals surface area contributed by atoms with Gasteiger partial charge < -0.3 is 14.9 Å². The molecule has 0 bridgehead atoms. The molecule has 112 valence electrons. The highest BCUT2D eigenvalue weighted by Gasteiger charge is 2.19. The maximum Gasteiger partial charge on any atom is 0.120 e. The molecular weight excluding hydrogens is 266 g/mol. The van der Waals surface area contributed by atoms with E-state index >= 15 is 0 Å². The summed E-state index contributed by atoms with van der Waals surface area (Å²) in [5, 5.41) is 22.1. The van der Waals surface area contributed by atoms with Gasteiger partial charge in [0, 0.05) is 18.7 Å². The fourth-order valence-corrected chi connectivity index (χ4v) is 3.04. The van der Waals surface area contributed by atoms with Crippen molar-refractivity contribution in [1.82, 2.24) is 4.90 Å². The average molecular weight is 287 g/mol. The Morgan fingerprint density at radius 3 is 2.86 bits per heavy atom. The molecule has 2 N–H and O–H groups in total. The van der Waals surface area contributed by atoms with Gasteiger partial charge in [0.2, 0.25) is 0 Å². The second-order valence-corrected chi connectivity index (χ2v) is 5.68. The molecule has 1 heterocycles. The Morgan fingerprint density at radius 2 is 2.10 bits per heavy atom. The molecule has 21 heavy (non-hydrogen) atoms. The van der Waals surface area contributed by atoms with Gasteiger partial charge in [-0.3, -0.25) is 4.90 Å². The van der Waals surface area contributed by atoms with E-state index in [1.165, 1.54) is 0 Å². The lowest BCUT2D eigenvalue weighted by Gasteiger charge is -2.30. The first-order chi connectivity index (χ1) is 10.2. The van der Waals surface area contributed by atoms with E-state index in [9.17, 15) is 10.2 Å². The Balaban J connectivity index is 1.97. The fraction of sp³-hybridized carbons (Fsp3) is 0.412. The van der Waals surface area contributed by atoms with Crippen molar-refractivity contribution in [3.05, 3.63) is 35.9 Å². The molecule has 0 radical (unpaired) electrons. The van der Waals surface area contributed by atoms with Gasteiger partial charge in [0.25, 0.3) is 0 Å². The lowest BCUT2D eigenvalue weighted by atomic mass is 10.0. The van der Waals surface area contributed by atoms with Crippen molar-refractivity contribution in [1.29, 1.82) is 0 Å². The SMILES string of the molecule is COc1ccc2ccc(O)c(CN3CCC[C@@H](O)C3)c2c1. The molecular formula is C17H21NO3. The monoisotopic (exact) mass is 287 g/mol. The lowest BCUT2D eigenvalue weighted by molar-refractivity contribution is 0.0666. The van der Waals surface area contributed by atoms with E-state index in [4.69, 9.17) is 4.74 Å². The van der Waals surface area contributed by atoms with Gasteiger partial charge in [-0.1, -0.05) is 12.1 Å². The van der Waals surface area contributed by atoms with Crippen LogP contribution in [0.25, 0.3) is 10.8 Å². The molecule has 2 aromatic rings. The number of piperidine rings is 1. The first kappa shape index (κ1) is 14.2. The Morgan fingerprint density at radius 1 is 1.29 bits per heavy atom. The van der Waals surface area contributed by atoms with Crippen molar-refractivity contribution < 1.29 is 14.9 Å². The predicted molar refractivity (Wildman–Crippen MR) is 82.7 cm³/mol. The van der Waals surface area contributed by atoms with Crippen LogP contribution in [0.15, 0.2) is 30.3 Å². The highest BCUT2D eigenvalue weighted by molar-refractivity contribution is 5.88. The third-order valence-corrected chi connectivity index (χ3v) is 4.18. The van der Waals surface area contributed by atoms with Crippen LogP contribution in [0.4, 0.5) is 0 Å².